The molecular weight excluding hydrogens is 489 g/mol. The first-order chi connectivity index (χ1) is 18.4. The Morgan fingerprint density at radius 2 is 1.84 bits per heavy atom. The van der Waals surface area contributed by atoms with Crippen LogP contribution in [-0.4, -0.2) is 71.1 Å². The molecule has 0 unspecified atom stereocenters. The molecule has 2 aromatic heterocycles. The Labute approximate surface area is 218 Å². The molecule has 0 atom stereocenters. The van der Waals surface area contributed by atoms with Crippen LogP contribution in [-0.2, 0) is 11.4 Å². The van der Waals surface area contributed by atoms with Gasteiger partial charge < -0.3 is 19.4 Å². The highest BCUT2D eigenvalue weighted by Crippen LogP contribution is 2.23. The largest absolute Gasteiger partial charge is 0.477 e. The normalized spacial score (nSPS) is 14.8. The van der Waals surface area contributed by atoms with Crippen molar-refractivity contribution in [2.24, 2.45) is 5.16 Å². The van der Waals surface area contributed by atoms with E-state index in [-0.39, 0.29) is 16.9 Å². The van der Waals surface area contributed by atoms with Crippen molar-refractivity contribution in [3.8, 4) is 0 Å². The number of carbonyl (C=O) groups is 1. The maximum atomic E-state index is 15.2. The van der Waals surface area contributed by atoms with Gasteiger partial charge in [-0.15, -0.1) is 0 Å². The number of aromatic nitrogens is 2. The number of oxime groups is 1. The molecule has 0 saturated carbocycles. The summed E-state index contributed by atoms with van der Waals surface area (Å²) < 4.78 is 16.7. The molecule has 0 spiro atoms. The lowest BCUT2D eigenvalue weighted by Gasteiger charge is -2.35. The number of pyridine rings is 2. The summed E-state index contributed by atoms with van der Waals surface area (Å²) >= 11 is 0. The Hall–Kier alpha value is -4.31. The maximum Gasteiger partial charge on any atom is 0.341 e. The van der Waals surface area contributed by atoms with E-state index < -0.39 is 22.8 Å². The Balaban J connectivity index is 1.35. The lowest BCUT2D eigenvalue weighted by molar-refractivity contribution is 0.0695. The number of aryl methyl sites for hydroxylation is 1. The van der Waals surface area contributed by atoms with Crippen LogP contribution in [0.1, 0.15) is 22.8 Å². The van der Waals surface area contributed by atoms with Gasteiger partial charge in [0.2, 0.25) is 5.43 Å². The zero-order chi connectivity index (χ0) is 26.8. The Bertz CT molecular complexity index is 1610. The highest BCUT2D eigenvalue weighted by molar-refractivity contribution is 6.04. The third-order valence-electron chi connectivity index (χ3n) is 6.88. The van der Waals surface area contributed by atoms with E-state index in [2.05, 4.69) is 39.3 Å². The number of fused-ring (bicyclic) bond motifs is 2. The van der Waals surface area contributed by atoms with Gasteiger partial charge in [-0.2, -0.15) is 0 Å². The molecule has 1 aliphatic rings. The van der Waals surface area contributed by atoms with Crippen LogP contribution in [0.3, 0.4) is 0 Å². The number of carboxylic acids is 1. The number of aromatic carboxylic acids is 1. The summed E-state index contributed by atoms with van der Waals surface area (Å²) in [5, 5.41) is 15.9. The number of carboxylic acid groups (broad SMARTS) is 1. The quantitative estimate of drug-likeness (QED) is 0.295. The summed E-state index contributed by atoms with van der Waals surface area (Å²) in [6.45, 7) is 5.12. The van der Waals surface area contributed by atoms with Gasteiger partial charge in [-0.05, 0) is 29.8 Å². The van der Waals surface area contributed by atoms with Crippen LogP contribution in [0, 0.1) is 5.82 Å². The lowest BCUT2D eigenvalue weighted by atomic mass is 10.0. The van der Waals surface area contributed by atoms with Crippen molar-refractivity contribution < 1.29 is 19.1 Å². The summed E-state index contributed by atoms with van der Waals surface area (Å²) in [6.07, 6.45) is 1.27. The smallest absolute Gasteiger partial charge is 0.341 e. The van der Waals surface area contributed by atoms with Gasteiger partial charge >= 0.3 is 5.97 Å². The van der Waals surface area contributed by atoms with Crippen molar-refractivity contribution in [2.75, 3.05) is 44.7 Å². The van der Waals surface area contributed by atoms with Gasteiger partial charge in [-0.25, -0.2) is 14.2 Å². The van der Waals surface area contributed by atoms with Gasteiger partial charge in [0, 0.05) is 51.0 Å². The molecule has 196 valence electrons. The summed E-state index contributed by atoms with van der Waals surface area (Å²) in [6, 6.07) is 15.4. The van der Waals surface area contributed by atoms with E-state index in [4.69, 9.17) is 4.84 Å². The lowest BCUT2D eigenvalue weighted by Crippen LogP contribution is -2.48. The van der Waals surface area contributed by atoms with Crippen molar-refractivity contribution in [3.05, 3.63) is 81.9 Å². The van der Waals surface area contributed by atoms with Gasteiger partial charge in [0.25, 0.3) is 0 Å². The highest BCUT2D eigenvalue weighted by atomic mass is 19.1. The Morgan fingerprint density at radius 3 is 2.53 bits per heavy atom. The molecule has 1 saturated heterocycles. The van der Waals surface area contributed by atoms with Crippen LogP contribution < -0.4 is 10.3 Å². The summed E-state index contributed by atoms with van der Waals surface area (Å²) in [7, 11) is 1.53. The Kier molecular flexibility index (Phi) is 7.06. The second kappa shape index (κ2) is 10.6. The van der Waals surface area contributed by atoms with Gasteiger partial charge in [0.15, 0.2) is 11.6 Å². The standard InChI is InChI=1S/C28H28FN5O4/c1-3-33-16-22(28(36)37)25(35)21-15-23(29)27(30-26(21)33)34-12-10-32(11-13-34)17-24(31-38-2)20-9-8-18-6-4-5-7-19(18)14-20/h4-9,14-16H,3,10-13,17H2,1-2H3,(H,36,37). The first-order valence-corrected chi connectivity index (χ1v) is 12.4. The molecule has 3 heterocycles. The fourth-order valence-electron chi connectivity index (χ4n) is 4.87. The average molecular weight is 518 g/mol. The van der Waals surface area contributed by atoms with Crippen LogP contribution in [0.4, 0.5) is 10.2 Å². The van der Waals surface area contributed by atoms with Crippen LogP contribution >= 0.6 is 0 Å². The predicted molar refractivity (Wildman–Crippen MR) is 145 cm³/mol. The molecule has 0 radical (unpaired) electrons. The number of hydrogen-bond acceptors (Lipinski definition) is 7. The van der Waals surface area contributed by atoms with Crippen LogP contribution in [0.15, 0.2) is 64.7 Å². The van der Waals surface area contributed by atoms with E-state index in [0.717, 1.165) is 28.1 Å². The third-order valence-corrected chi connectivity index (χ3v) is 6.88. The first kappa shape index (κ1) is 25.3. The SMILES string of the molecule is CCn1cc(C(=O)O)c(=O)c2cc(F)c(N3CCN(CC(=NOC)c4ccc5ccccc5c4)CC3)nc21. The number of rotatable bonds is 7. The second-order valence-electron chi connectivity index (χ2n) is 9.17. The Morgan fingerprint density at radius 1 is 1.11 bits per heavy atom. The van der Waals surface area contributed by atoms with Crippen LogP contribution in [0.2, 0.25) is 0 Å². The van der Waals surface area contributed by atoms with Crippen molar-refractivity contribution >= 4 is 39.3 Å². The molecule has 2 aromatic carbocycles. The number of nitrogens with zero attached hydrogens (tertiary/aromatic N) is 5. The predicted octanol–water partition coefficient (Wildman–Crippen LogP) is 3.58. The molecule has 5 rings (SSSR count). The van der Waals surface area contributed by atoms with E-state index in [1.54, 1.807) is 4.57 Å². The number of anilines is 1. The number of piperazine rings is 1. The fraction of sp³-hybridized carbons (Fsp3) is 0.286. The van der Waals surface area contributed by atoms with Crippen molar-refractivity contribution in [2.45, 2.75) is 13.5 Å². The zero-order valence-corrected chi connectivity index (χ0v) is 21.2. The van der Waals surface area contributed by atoms with Gasteiger partial charge in [0.1, 0.15) is 24.0 Å². The second-order valence-corrected chi connectivity index (χ2v) is 9.17. The van der Waals surface area contributed by atoms with Gasteiger partial charge in [-0.1, -0.05) is 41.6 Å². The van der Waals surface area contributed by atoms with Gasteiger partial charge in [-0.3, -0.25) is 9.69 Å². The molecule has 9 nitrogen and oxygen atoms in total. The first-order valence-electron chi connectivity index (χ1n) is 12.4. The topological polar surface area (TPSA) is 100 Å². The minimum atomic E-state index is -1.35. The maximum absolute atomic E-state index is 15.2. The van der Waals surface area contributed by atoms with Crippen LogP contribution in [0.5, 0.6) is 0 Å². The zero-order valence-electron chi connectivity index (χ0n) is 21.2. The summed E-state index contributed by atoms with van der Waals surface area (Å²) in [5.74, 6) is -1.84. The average Bonchev–Trinajstić information content (AvgIpc) is 2.93. The van der Waals surface area contributed by atoms with Crippen molar-refractivity contribution in [1.82, 2.24) is 14.5 Å². The van der Waals surface area contributed by atoms with Crippen LogP contribution in [0.25, 0.3) is 21.8 Å². The summed E-state index contributed by atoms with van der Waals surface area (Å²) in [4.78, 5) is 37.8. The number of hydrogen-bond donors (Lipinski definition) is 1. The minimum absolute atomic E-state index is 0.0394. The molecule has 0 amide bonds. The minimum Gasteiger partial charge on any atom is -0.477 e. The molecular formula is C28H28FN5O4. The van der Waals surface area contributed by atoms with E-state index >= 15 is 4.39 Å². The fourth-order valence-corrected chi connectivity index (χ4v) is 4.87. The third kappa shape index (κ3) is 4.82. The monoisotopic (exact) mass is 517 g/mol. The number of benzene rings is 2. The van der Waals surface area contributed by atoms with Crippen molar-refractivity contribution in [3.63, 3.8) is 0 Å². The highest BCUT2D eigenvalue weighted by Gasteiger charge is 2.24. The number of halogens is 1. The molecule has 1 aliphatic heterocycles. The molecule has 0 aliphatic carbocycles. The van der Waals surface area contributed by atoms with E-state index in [9.17, 15) is 14.7 Å². The molecule has 1 fully saturated rings. The van der Waals surface area contributed by atoms with E-state index in [1.165, 1.54) is 13.3 Å². The summed E-state index contributed by atoms with van der Waals surface area (Å²) in [5.41, 5.74) is 0.920. The molecule has 38 heavy (non-hydrogen) atoms. The van der Waals surface area contributed by atoms with E-state index in [1.807, 2.05) is 30.0 Å². The van der Waals surface area contributed by atoms with Gasteiger partial charge in [0.05, 0.1) is 5.39 Å². The molecule has 10 heteroatoms. The molecule has 4 aromatic rings. The molecule has 0 bridgehead atoms. The van der Waals surface area contributed by atoms with Crippen molar-refractivity contribution in [1.29, 1.82) is 0 Å². The van der Waals surface area contributed by atoms with E-state index in [0.29, 0.717) is 39.3 Å². The molecule has 1 N–H and O–H groups in total.